The van der Waals surface area contributed by atoms with Crippen LogP contribution in [0.2, 0.25) is 0 Å². The first-order valence-corrected chi connectivity index (χ1v) is 11.9. The molecule has 1 amide bonds. The molecule has 0 aliphatic heterocycles. The number of sulfonamides is 1. The van der Waals surface area contributed by atoms with Crippen molar-refractivity contribution in [3.63, 3.8) is 0 Å². The summed E-state index contributed by atoms with van der Waals surface area (Å²) in [5, 5.41) is 2.81. The molecular formula is C25H26N2O6S. The number of ether oxygens (including phenoxy) is 2. The molecule has 0 unspecified atom stereocenters. The van der Waals surface area contributed by atoms with E-state index in [0.29, 0.717) is 33.8 Å². The molecule has 34 heavy (non-hydrogen) atoms. The number of amides is 1. The van der Waals surface area contributed by atoms with E-state index in [1.807, 2.05) is 0 Å². The zero-order valence-corrected chi connectivity index (χ0v) is 20.2. The molecule has 0 saturated carbocycles. The number of nitrogens with one attached hydrogen (secondary N) is 1. The van der Waals surface area contributed by atoms with Gasteiger partial charge in [0.1, 0.15) is 5.75 Å². The predicted octanol–water partition coefficient (Wildman–Crippen LogP) is 4.26. The maximum absolute atomic E-state index is 12.9. The van der Waals surface area contributed by atoms with Crippen LogP contribution in [0.15, 0.2) is 71.6 Å². The standard InChI is InChI=1S/C25H26N2O6S/c1-5-33-25(29)19-8-15-23(17(2)16-19)26-24(28)18-6-9-20(10-7-18)27(3)34(30,31)22-13-11-21(32-4)12-14-22/h6-16H,5H2,1-4H3,(H,26,28). The highest BCUT2D eigenvalue weighted by Crippen LogP contribution is 2.25. The number of esters is 1. The molecule has 0 aliphatic carbocycles. The van der Waals surface area contributed by atoms with Crippen LogP contribution in [0.1, 0.15) is 33.2 Å². The zero-order valence-electron chi connectivity index (χ0n) is 19.4. The molecule has 0 aromatic heterocycles. The van der Waals surface area contributed by atoms with Crippen LogP contribution in [-0.4, -0.2) is 41.1 Å². The van der Waals surface area contributed by atoms with Crippen LogP contribution < -0.4 is 14.4 Å². The first kappa shape index (κ1) is 24.8. The number of aryl methyl sites for hydroxylation is 1. The maximum atomic E-state index is 12.9. The second-order valence-corrected chi connectivity index (χ2v) is 9.37. The summed E-state index contributed by atoms with van der Waals surface area (Å²) in [6, 6.07) is 17.2. The van der Waals surface area contributed by atoms with E-state index in [0.717, 1.165) is 4.31 Å². The molecule has 0 radical (unpaired) electrons. The van der Waals surface area contributed by atoms with Gasteiger partial charge in [0.2, 0.25) is 0 Å². The van der Waals surface area contributed by atoms with Gasteiger partial charge in [0.25, 0.3) is 15.9 Å². The first-order chi connectivity index (χ1) is 16.2. The third-order valence-corrected chi connectivity index (χ3v) is 7.00. The van der Waals surface area contributed by atoms with E-state index >= 15 is 0 Å². The molecule has 1 N–H and O–H groups in total. The van der Waals surface area contributed by atoms with E-state index in [1.165, 1.54) is 26.3 Å². The van der Waals surface area contributed by atoms with Crippen molar-refractivity contribution >= 4 is 33.3 Å². The average molecular weight is 483 g/mol. The smallest absolute Gasteiger partial charge is 0.338 e. The van der Waals surface area contributed by atoms with Crippen molar-refractivity contribution in [3.05, 3.63) is 83.4 Å². The molecule has 9 heteroatoms. The van der Waals surface area contributed by atoms with Crippen molar-refractivity contribution in [2.24, 2.45) is 0 Å². The molecule has 3 rings (SSSR count). The Morgan fingerprint density at radius 1 is 0.941 bits per heavy atom. The van der Waals surface area contributed by atoms with Crippen molar-refractivity contribution in [1.29, 1.82) is 0 Å². The van der Waals surface area contributed by atoms with Crippen molar-refractivity contribution in [1.82, 2.24) is 0 Å². The molecule has 178 valence electrons. The van der Waals surface area contributed by atoms with E-state index < -0.39 is 16.0 Å². The highest BCUT2D eigenvalue weighted by molar-refractivity contribution is 7.92. The van der Waals surface area contributed by atoms with E-state index in [4.69, 9.17) is 9.47 Å². The fraction of sp³-hybridized carbons (Fsp3) is 0.200. The number of benzene rings is 3. The quantitative estimate of drug-likeness (QED) is 0.482. The summed E-state index contributed by atoms with van der Waals surface area (Å²) in [6.45, 7) is 3.79. The number of hydrogen-bond donors (Lipinski definition) is 1. The summed E-state index contributed by atoms with van der Waals surface area (Å²) in [5.41, 5.74) is 2.43. The summed E-state index contributed by atoms with van der Waals surface area (Å²) in [7, 11) is -0.826. The summed E-state index contributed by atoms with van der Waals surface area (Å²) in [5.74, 6) is -0.227. The third kappa shape index (κ3) is 5.37. The SMILES string of the molecule is CCOC(=O)c1ccc(NC(=O)c2ccc(N(C)S(=O)(=O)c3ccc(OC)cc3)cc2)c(C)c1. The highest BCUT2D eigenvalue weighted by atomic mass is 32.2. The van der Waals surface area contributed by atoms with Crippen molar-refractivity contribution in [3.8, 4) is 5.75 Å². The van der Waals surface area contributed by atoms with Gasteiger partial charge in [-0.3, -0.25) is 9.10 Å². The van der Waals surface area contributed by atoms with E-state index in [-0.39, 0.29) is 17.4 Å². The van der Waals surface area contributed by atoms with E-state index in [1.54, 1.807) is 68.4 Å². The van der Waals surface area contributed by atoms with Crippen LogP contribution in [0, 0.1) is 6.92 Å². The van der Waals surface area contributed by atoms with Crippen molar-refractivity contribution < 1.29 is 27.5 Å². The van der Waals surface area contributed by atoms with Crippen LogP contribution in [0.3, 0.4) is 0 Å². The lowest BCUT2D eigenvalue weighted by molar-refractivity contribution is 0.0526. The first-order valence-electron chi connectivity index (χ1n) is 10.5. The molecular weight excluding hydrogens is 456 g/mol. The van der Waals surface area contributed by atoms with E-state index in [2.05, 4.69) is 5.32 Å². The van der Waals surface area contributed by atoms with Crippen LogP contribution >= 0.6 is 0 Å². The van der Waals surface area contributed by atoms with E-state index in [9.17, 15) is 18.0 Å². The Bertz CT molecular complexity index is 1290. The molecule has 0 bridgehead atoms. The van der Waals surface area contributed by atoms with Crippen molar-refractivity contribution in [2.75, 3.05) is 30.4 Å². The van der Waals surface area contributed by atoms with Crippen LogP contribution in [0.4, 0.5) is 11.4 Å². The Balaban J connectivity index is 1.73. The monoisotopic (exact) mass is 482 g/mol. The average Bonchev–Trinajstić information content (AvgIpc) is 2.85. The lowest BCUT2D eigenvalue weighted by Crippen LogP contribution is -2.26. The Labute approximate surface area is 199 Å². The Kier molecular flexibility index (Phi) is 7.57. The summed E-state index contributed by atoms with van der Waals surface area (Å²) < 4.78 is 37.0. The van der Waals surface area contributed by atoms with Crippen LogP contribution in [0.25, 0.3) is 0 Å². The number of anilines is 2. The Hall–Kier alpha value is -3.85. The number of rotatable bonds is 8. The fourth-order valence-electron chi connectivity index (χ4n) is 3.21. The number of hydrogen-bond acceptors (Lipinski definition) is 6. The Morgan fingerprint density at radius 3 is 2.12 bits per heavy atom. The van der Waals surface area contributed by atoms with Gasteiger partial charge in [-0.25, -0.2) is 13.2 Å². The molecule has 0 aliphatic rings. The molecule has 8 nitrogen and oxygen atoms in total. The summed E-state index contributed by atoms with van der Waals surface area (Å²) >= 11 is 0. The van der Waals surface area contributed by atoms with Crippen LogP contribution in [0.5, 0.6) is 5.75 Å². The lowest BCUT2D eigenvalue weighted by Gasteiger charge is -2.20. The highest BCUT2D eigenvalue weighted by Gasteiger charge is 2.21. The van der Waals surface area contributed by atoms with Gasteiger partial charge in [-0.05, 0) is 86.1 Å². The molecule has 0 atom stereocenters. The van der Waals surface area contributed by atoms with Gasteiger partial charge >= 0.3 is 5.97 Å². The topological polar surface area (TPSA) is 102 Å². The second-order valence-electron chi connectivity index (χ2n) is 7.40. The summed E-state index contributed by atoms with van der Waals surface area (Å²) in [4.78, 5) is 24.7. The maximum Gasteiger partial charge on any atom is 0.338 e. The lowest BCUT2D eigenvalue weighted by atomic mass is 10.1. The van der Waals surface area contributed by atoms with Crippen LogP contribution in [-0.2, 0) is 14.8 Å². The Morgan fingerprint density at radius 2 is 1.56 bits per heavy atom. The number of carbonyl (C=O) groups excluding carboxylic acids is 2. The van der Waals surface area contributed by atoms with Gasteiger partial charge in [-0.1, -0.05) is 0 Å². The number of carbonyl (C=O) groups is 2. The molecule has 3 aromatic carbocycles. The number of methoxy groups -OCH3 is 1. The molecule has 0 heterocycles. The third-order valence-electron chi connectivity index (χ3n) is 5.20. The van der Waals surface area contributed by atoms with Gasteiger partial charge in [0, 0.05) is 18.3 Å². The van der Waals surface area contributed by atoms with Gasteiger partial charge in [-0.2, -0.15) is 0 Å². The second kappa shape index (κ2) is 10.4. The fourth-order valence-corrected chi connectivity index (χ4v) is 4.40. The molecule has 0 fully saturated rings. The van der Waals surface area contributed by atoms with Gasteiger partial charge < -0.3 is 14.8 Å². The largest absolute Gasteiger partial charge is 0.497 e. The van der Waals surface area contributed by atoms with Crippen molar-refractivity contribution in [2.45, 2.75) is 18.7 Å². The number of nitrogens with zero attached hydrogens (tertiary/aromatic N) is 1. The molecule has 3 aromatic rings. The molecule has 0 saturated heterocycles. The zero-order chi connectivity index (χ0) is 24.9. The minimum Gasteiger partial charge on any atom is -0.497 e. The minimum absolute atomic E-state index is 0.124. The molecule has 0 spiro atoms. The van der Waals surface area contributed by atoms with Gasteiger partial charge in [0.05, 0.1) is 29.9 Å². The van der Waals surface area contributed by atoms with Gasteiger partial charge in [-0.15, -0.1) is 0 Å². The normalized spacial score (nSPS) is 10.9. The van der Waals surface area contributed by atoms with Gasteiger partial charge in [0.15, 0.2) is 0 Å². The minimum atomic E-state index is -3.78. The summed E-state index contributed by atoms with van der Waals surface area (Å²) in [6.07, 6.45) is 0. The predicted molar refractivity (Wildman–Crippen MR) is 130 cm³/mol.